The zero-order valence-electron chi connectivity index (χ0n) is 11.9. The number of benzene rings is 1. The summed E-state index contributed by atoms with van der Waals surface area (Å²) in [6.07, 6.45) is 2.89. The van der Waals surface area contributed by atoms with Crippen LogP contribution in [-0.2, 0) is 14.8 Å². The monoisotopic (exact) mass is 317 g/mol. The maximum atomic E-state index is 13.0. The van der Waals surface area contributed by atoms with Gasteiger partial charge in [0.05, 0.1) is 4.90 Å². The number of sulfonamides is 1. The fourth-order valence-corrected chi connectivity index (χ4v) is 3.25. The second kappa shape index (κ2) is 8.09. The second-order valence-corrected chi connectivity index (χ2v) is 6.60. The highest BCUT2D eigenvalue weighted by Crippen LogP contribution is 2.16. The molecule has 2 N–H and O–H groups in total. The van der Waals surface area contributed by atoms with Crippen LogP contribution in [0.4, 0.5) is 4.39 Å². The van der Waals surface area contributed by atoms with Crippen molar-refractivity contribution in [2.45, 2.75) is 43.9 Å². The Bertz CT molecular complexity index is 587. The SMILES string of the molecule is Cc1cc(F)ccc1S(=O)(=O)NCCCCCCC(=O)O. The Kier molecular flexibility index (Phi) is 6.77. The van der Waals surface area contributed by atoms with E-state index in [0.717, 1.165) is 18.9 Å². The molecule has 0 aliphatic rings. The molecule has 5 nitrogen and oxygen atoms in total. The number of carboxylic acid groups (broad SMARTS) is 1. The summed E-state index contributed by atoms with van der Waals surface area (Å²) in [6, 6.07) is 3.55. The smallest absolute Gasteiger partial charge is 0.303 e. The molecule has 1 rings (SSSR count). The van der Waals surface area contributed by atoms with Gasteiger partial charge in [0, 0.05) is 13.0 Å². The van der Waals surface area contributed by atoms with Gasteiger partial charge in [-0.3, -0.25) is 4.79 Å². The van der Waals surface area contributed by atoms with Crippen molar-refractivity contribution in [1.82, 2.24) is 4.72 Å². The van der Waals surface area contributed by atoms with Gasteiger partial charge in [0.25, 0.3) is 0 Å². The number of hydrogen-bond acceptors (Lipinski definition) is 3. The van der Waals surface area contributed by atoms with E-state index in [4.69, 9.17) is 5.11 Å². The molecule has 0 spiro atoms. The van der Waals surface area contributed by atoms with E-state index in [0.29, 0.717) is 18.4 Å². The molecule has 0 atom stereocenters. The molecule has 118 valence electrons. The molecule has 0 aliphatic heterocycles. The largest absolute Gasteiger partial charge is 0.481 e. The predicted molar refractivity (Wildman–Crippen MR) is 77.0 cm³/mol. The Hall–Kier alpha value is -1.47. The van der Waals surface area contributed by atoms with Crippen molar-refractivity contribution in [3.63, 3.8) is 0 Å². The van der Waals surface area contributed by atoms with Crippen LogP contribution in [0, 0.1) is 12.7 Å². The summed E-state index contributed by atoms with van der Waals surface area (Å²) >= 11 is 0. The van der Waals surface area contributed by atoms with Crippen molar-refractivity contribution in [3.05, 3.63) is 29.6 Å². The normalized spacial score (nSPS) is 11.5. The lowest BCUT2D eigenvalue weighted by Crippen LogP contribution is -2.25. The van der Waals surface area contributed by atoms with Crippen LogP contribution in [0.1, 0.15) is 37.7 Å². The van der Waals surface area contributed by atoms with Gasteiger partial charge in [-0.05, 0) is 43.5 Å². The van der Waals surface area contributed by atoms with Crippen molar-refractivity contribution >= 4 is 16.0 Å². The molecule has 0 saturated heterocycles. The molecule has 0 aliphatic carbocycles. The number of unbranched alkanes of at least 4 members (excludes halogenated alkanes) is 3. The van der Waals surface area contributed by atoms with Crippen molar-refractivity contribution in [1.29, 1.82) is 0 Å². The molecule has 7 heteroatoms. The molecule has 0 fully saturated rings. The minimum atomic E-state index is -3.62. The van der Waals surface area contributed by atoms with Crippen molar-refractivity contribution in [3.8, 4) is 0 Å². The number of rotatable bonds is 9. The topological polar surface area (TPSA) is 83.5 Å². The second-order valence-electron chi connectivity index (χ2n) is 4.87. The number of nitrogens with one attached hydrogen (secondary N) is 1. The summed E-state index contributed by atoms with van der Waals surface area (Å²) in [4.78, 5) is 10.4. The van der Waals surface area contributed by atoms with Crippen LogP contribution >= 0.6 is 0 Å². The maximum absolute atomic E-state index is 13.0. The van der Waals surface area contributed by atoms with Gasteiger partial charge in [0.1, 0.15) is 5.82 Å². The van der Waals surface area contributed by atoms with Crippen LogP contribution in [0.2, 0.25) is 0 Å². The number of aliphatic carboxylic acids is 1. The van der Waals surface area contributed by atoms with Gasteiger partial charge in [-0.2, -0.15) is 0 Å². The number of carbonyl (C=O) groups is 1. The number of hydrogen-bond donors (Lipinski definition) is 2. The first-order valence-corrected chi connectivity index (χ1v) is 8.29. The molecule has 1 aromatic rings. The summed E-state index contributed by atoms with van der Waals surface area (Å²) in [7, 11) is -3.62. The first-order chi connectivity index (χ1) is 9.83. The summed E-state index contributed by atoms with van der Waals surface area (Å²) in [5, 5.41) is 8.48. The van der Waals surface area contributed by atoms with Crippen LogP contribution < -0.4 is 4.72 Å². The molecule has 0 heterocycles. The van der Waals surface area contributed by atoms with Crippen molar-refractivity contribution in [2.75, 3.05) is 6.54 Å². The van der Waals surface area contributed by atoms with E-state index < -0.39 is 21.8 Å². The molecule has 0 radical (unpaired) electrons. The van der Waals surface area contributed by atoms with Gasteiger partial charge in [-0.15, -0.1) is 0 Å². The highest BCUT2D eigenvalue weighted by Gasteiger charge is 2.16. The third-order valence-electron chi connectivity index (χ3n) is 3.04. The summed E-state index contributed by atoms with van der Waals surface area (Å²) in [6.45, 7) is 1.83. The predicted octanol–water partition coefficient (Wildman–Crippen LogP) is 2.45. The lowest BCUT2D eigenvalue weighted by molar-refractivity contribution is -0.137. The molecule has 0 saturated carbocycles. The van der Waals surface area contributed by atoms with Gasteiger partial charge in [-0.1, -0.05) is 12.8 Å². The summed E-state index contributed by atoms with van der Waals surface area (Å²) < 4.78 is 39.5. The average Bonchev–Trinajstić information content (AvgIpc) is 2.36. The van der Waals surface area contributed by atoms with E-state index in [9.17, 15) is 17.6 Å². The lowest BCUT2D eigenvalue weighted by Gasteiger charge is -2.09. The van der Waals surface area contributed by atoms with Gasteiger partial charge in [0.15, 0.2) is 0 Å². The van der Waals surface area contributed by atoms with E-state index in [1.54, 1.807) is 6.92 Å². The van der Waals surface area contributed by atoms with Gasteiger partial charge in [-0.25, -0.2) is 17.5 Å². The molecular formula is C14H20FNO4S. The van der Waals surface area contributed by atoms with Crippen molar-refractivity contribution in [2.24, 2.45) is 0 Å². The Balaban J connectivity index is 2.38. The molecule has 0 unspecified atom stereocenters. The first kappa shape index (κ1) is 17.6. The summed E-state index contributed by atoms with van der Waals surface area (Å²) in [5.74, 6) is -1.28. The number of aryl methyl sites for hydroxylation is 1. The molecule has 21 heavy (non-hydrogen) atoms. The lowest BCUT2D eigenvalue weighted by atomic mass is 10.1. The Morgan fingerprint density at radius 1 is 1.24 bits per heavy atom. The Morgan fingerprint density at radius 2 is 1.90 bits per heavy atom. The van der Waals surface area contributed by atoms with Crippen molar-refractivity contribution < 1.29 is 22.7 Å². The molecular weight excluding hydrogens is 297 g/mol. The molecule has 0 amide bonds. The van der Waals surface area contributed by atoms with E-state index in [-0.39, 0.29) is 17.9 Å². The Labute approximate surface area is 124 Å². The minimum Gasteiger partial charge on any atom is -0.481 e. The first-order valence-electron chi connectivity index (χ1n) is 6.80. The van der Waals surface area contributed by atoms with Crippen LogP contribution in [0.3, 0.4) is 0 Å². The fraction of sp³-hybridized carbons (Fsp3) is 0.500. The zero-order chi connectivity index (χ0) is 15.9. The molecule has 0 aromatic heterocycles. The van der Waals surface area contributed by atoms with Gasteiger partial charge < -0.3 is 5.11 Å². The maximum Gasteiger partial charge on any atom is 0.303 e. The zero-order valence-corrected chi connectivity index (χ0v) is 12.7. The van der Waals surface area contributed by atoms with Crippen LogP contribution in [0.15, 0.2) is 23.1 Å². The van der Waals surface area contributed by atoms with E-state index in [1.807, 2.05) is 0 Å². The Morgan fingerprint density at radius 3 is 2.52 bits per heavy atom. The van der Waals surface area contributed by atoms with E-state index in [2.05, 4.69) is 4.72 Å². The van der Waals surface area contributed by atoms with E-state index in [1.165, 1.54) is 12.1 Å². The van der Waals surface area contributed by atoms with Gasteiger partial charge in [0.2, 0.25) is 10.0 Å². The average molecular weight is 317 g/mol. The highest BCUT2D eigenvalue weighted by atomic mass is 32.2. The summed E-state index contributed by atoms with van der Waals surface area (Å²) in [5.41, 5.74) is 0.365. The highest BCUT2D eigenvalue weighted by molar-refractivity contribution is 7.89. The number of halogens is 1. The third-order valence-corrected chi connectivity index (χ3v) is 4.66. The minimum absolute atomic E-state index is 0.0785. The quantitative estimate of drug-likeness (QED) is 0.685. The van der Waals surface area contributed by atoms with E-state index >= 15 is 0 Å². The van der Waals surface area contributed by atoms with Gasteiger partial charge >= 0.3 is 5.97 Å². The molecule has 1 aromatic carbocycles. The van der Waals surface area contributed by atoms with Crippen LogP contribution in [-0.4, -0.2) is 26.0 Å². The number of carboxylic acids is 1. The van der Waals surface area contributed by atoms with Crippen LogP contribution in [0.25, 0.3) is 0 Å². The third kappa shape index (κ3) is 6.22. The fourth-order valence-electron chi connectivity index (χ4n) is 1.95. The molecule has 0 bridgehead atoms. The van der Waals surface area contributed by atoms with Crippen LogP contribution in [0.5, 0.6) is 0 Å². The standard InChI is InChI=1S/C14H20FNO4S/c1-11-10-12(15)7-8-13(11)21(19,20)16-9-5-3-2-4-6-14(17)18/h7-8,10,16H,2-6,9H2,1H3,(H,17,18).